The topological polar surface area (TPSA) is 76.0 Å². The lowest BCUT2D eigenvalue weighted by atomic mass is 10.2. The lowest BCUT2D eigenvalue weighted by Gasteiger charge is -2.22. The summed E-state index contributed by atoms with van der Waals surface area (Å²) in [6.07, 6.45) is 0. The van der Waals surface area contributed by atoms with E-state index in [0.717, 1.165) is 16.7 Å². The van der Waals surface area contributed by atoms with Gasteiger partial charge >= 0.3 is 6.03 Å². The lowest BCUT2D eigenvalue weighted by molar-refractivity contribution is 0.174. The Morgan fingerprint density at radius 1 is 1.11 bits per heavy atom. The third-order valence-electron chi connectivity index (χ3n) is 4.48. The van der Waals surface area contributed by atoms with E-state index in [9.17, 15) is 4.79 Å². The van der Waals surface area contributed by atoms with E-state index in [-0.39, 0.29) is 18.9 Å². The van der Waals surface area contributed by atoms with Gasteiger partial charge in [-0.3, -0.25) is 4.90 Å². The first-order valence-corrected chi connectivity index (χ1v) is 8.69. The zero-order chi connectivity index (χ0) is 18.8. The summed E-state index contributed by atoms with van der Waals surface area (Å²) in [5, 5.41) is 6.75. The van der Waals surface area contributed by atoms with Crippen molar-refractivity contribution in [3.8, 4) is 11.5 Å². The maximum atomic E-state index is 12.3. The molecule has 2 N–H and O–H groups in total. The molecular weight excluding hydrogens is 346 g/mol. The Hall–Kier alpha value is -3.19. The number of rotatable bonds is 5. The Labute approximate surface area is 156 Å². The first kappa shape index (κ1) is 17.2. The van der Waals surface area contributed by atoms with E-state index in [0.29, 0.717) is 23.7 Å². The number of carbonyl (C=O) groups excluding carboxylic acids is 1. The Bertz CT molecular complexity index is 934. The van der Waals surface area contributed by atoms with Crippen LogP contribution in [0.25, 0.3) is 11.0 Å². The van der Waals surface area contributed by atoms with Gasteiger partial charge in [0, 0.05) is 23.7 Å². The van der Waals surface area contributed by atoms with E-state index in [4.69, 9.17) is 13.9 Å². The molecule has 4 rings (SSSR count). The molecule has 7 nitrogen and oxygen atoms in total. The molecule has 140 valence electrons. The lowest BCUT2D eigenvalue weighted by Crippen LogP contribution is -2.36. The number of amides is 2. The van der Waals surface area contributed by atoms with E-state index in [2.05, 4.69) is 10.6 Å². The van der Waals surface area contributed by atoms with Crippen LogP contribution in [0.4, 0.5) is 10.5 Å². The maximum absolute atomic E-state index is 12.3. The molecule has 1 atom stereocenters. The van der Waals surface area contributed by atoms with E-state index in [1.165, 1.54) is 0 Å². The fourth-order valence-corrected chi connectivity index (χ4v) is 3.04. The van der Waals surface area contributed by atoms with Crippen LogP contribution in [-0.2, 0) is 0 Å². The molecule has 3 aromatic rings. The number of benzene rings is 2. The molecule has 1 aliphatic rings. The van der Waals surface area contributed by atoms with Crippen LogP contribution in [0, 0.1) is 0 Å². The molecule has 7 heteroatoms. The first-order chi connectivity index (χ1) is 13.1. The molecular formula is C20H21N3O4. The van der Waals surface area contributed by atoms with E-state index in [1.807, 2.05) is 49.3 Å². The van der Waals surface area contributed by atoms with Crippen molar-refractivity contribution >= 4 is 22.7 Å². The molecule has 0 saturated carbocycles. The van der Waals surface area contributed by atoms with Crippen molar-refractivity contribution in [2.45, 2.75) is 6.04 Å². The minimum Gasteiger partial charge on any atom is -0.459 e. The summed E-state index contributed by atoms with van der Waals surface area (Å²) < 4.78 is 16.5. The molecule has 0 spiro atoms. The average Bonchev–Trinajstić information content (AvgIpc) is 3.27. The summed E-state index contributed by atoms with van der Waals surface area (Å²) in [6, 6.07) is 14.8. The third kappa shape index (κ3) is 3.68. The highest BCUT2D eigenvalue weighted by atomic mass is 16.7. The Morgan fingerprint density at radius 2 is 1.93 bits per heavy atom. The standard InChI is InChI=1S/C20H21N3O4/c1-23(2)15(18-9-13-5-3-4-6-16(13)27-18)11-21-20(24)22-14-7-8-17-19(10-14)26-12-25-17/h3-10,15H,11-12H2,1-2H3,(H2,21,22,24). The SMILES string of the molecule is CN(C)C(CNC(=O)Nc1ccc2c(c1)OCO2)c1cc2ccccc2o1. The average molecular weight is 367 g/mol. The highest BCUT2D eigenvalue weighted by Gasteiger charge is 2.20. The van der Waals surface area contributed by atoms with Gasteiger partial charge < -0.3 is 24.5 Å². The molecule has 2 amide bonds. The van der Waals surface area contributed by atoms with Crippen LogP contribution < -0.4 is 20.1 Å². The molecule has 1 aliphatic heterocycles. The van der Waals surface area contributed by atoms with Crippen LogP contribution in [0.15, 0.2) is 52.9 Å². The minimum atomic E-state index is -0.295. The number of nitrogens with one attached hydrogen (secondary N) is 2. The van der Waals surface area contributed by atoms with Crippen molar-refractivity contribution in [3.05, 3.63) is 54.3 Å². The molecule has 0 fully saturated rings. The van der Waals surface area contributed by atoms with Crippen LogP contribution >= 0.6 is 0 Å². The van der Waals surface area contributed by atoms with Crippen molar-refractivity contribution in [2.75, 3.05) is 32.7 Å². The van der Waals surface area contributed by atoms with E-state index >= 15 is 0 Å². The van der Waals surface area contributed by atoms with Crippen LogP contribution in [0.3, 0.4) is 0 Å². The van der Waals surface area contributed by atoms with Gasteiger partial charge in [-0.2, -0.15) is 0 Å². The summed E-state index contributed by atoms with van der Waals surface area (Å²) in [4.78, 5) is 14.3. The van der Waals surface area contributed by atoms with Crippen LogP contribution in [0.5, 0.6) is 11.5 Å². The second-order valence-corrected chi connectivity index (χ2v) is 6.57. The molecule has 0 bridgehead atoms. The number of nitrogens with zero attached hydrogens (tertiary/aromatic N) is 1. The summed E-state index contributed by atoms with van der Waals surface area (Å²) in [6.45, 7) is 0.607. The number of carbonyl (C=O) groups is 1. The van der Waals surface area contributed by atoms with Crippen molar-refractivity contribution < 1.29 is 18.7 Å². The minimum absolute atomic E-state index is 0.0834. The van der Waals surface area contributed by atoms with Crippen molar-refractivity contribution in [1.82, 2.24) is 10.2 Å². The summed E-state index contributed by atoms with van der Waals surface area (Å²) in [7, 11) is 3.91. The highest BCUT2D eigenvalue weighted by molar-refractivity contribution is 5.89. The van der Waals surface area contributed by atoms with Crippen LogP contribution in [0.2, 0.25) is 0 Å². The smallest absolute Gasteiger partial charge is 0.319 e. The van der Waals surface area contributed by atoms with E-state index in [1.54, 1.807) is 18.2 Å². The number of urea groups is 1. The second-order valence-electron chi connectivity index (χ2n) is 6.57. The molecule has 2 heterocycles. The van der Waals surface area contributed by atoms with Gasteiger partial charge in [0.1, 0.15) is 11.3 Å². The fourth-order valence-electron chi connectivity index (χ4n) is 3.04. The monoisotopic (exact) mass is 367 g/mol. The summed E-state index contributed by atoms with van der Waals surface area (Å²) in [5.74, 6) is 2.12. The zero-order valence-electron chi connectivity index (χ0n) is 15.2. The molecule has 0 radical (unpaired) electrons. The Balaban J connectivity index is 1.41. The normalized spacial score (nSPS) is 13.7. The number of likely N-dealkylation sites (N-methyl/N-ethyl adjacent to an activating group) is 1. The van der Waals surface area contributed by atoms with Gasteiger partial charge in [-0.05, 0) is 38.4 Å². The van der Waals surface area contributed by atoms with Crippen molar-refractivity contribution in [3.63, 3.8) is 0 Å². The number of para-hydroxylation sites is 1. The van der Waals surface area contributed by atoms with Gasteiger partial charge in [0.05, 0.1) is 6.04 Å². The molecule has 0 aliphatic carbocycles. The van der Waals surface area contributed by atoms with Gasteiger partial charge in [-0.1, -0.05) is 18.2 Å². The number of anilines is 1. The highest BCUT2D eigenvalue weighted by Crippen LogP contribution is 2.34. The molecule has 0 saturated heterocycles. The van der Waals surface area contributed by atoms with Gasteiger partial charge in [-0.15, -0.1) is 0 Å². The Kier molecular flexibility index (Phi) is 4.60. The number of ether oxygens (including phenoxy) is 2. The Morgan fingerprint density at radius 3 is 2.74 bits per heavy atom. The van der Waals surface area contributed by atoms with E-state index < -0.39 is 0 Å². The summed E-state index contributed by atoms with van der Waals surface area (Å²) in [5.41, 5.74) is 1.48. The largest absolute Gasteiger partial charge is 0.459 e. The number of hydrogen-bond acceptors (Lipinski definition) is 5. The fraction of sp³-hybridized carbons (Fsp3) is 0.250. The van der Waals surface area contributed by atoms with Gasteiger partial charge in [-0.25, -0.2) is 4.79 Å². The zero-order valence-corrected chi connectivity index (χ0v) is 15.2. The van der Waals surface area contributed by atoms with Crippen LogP contribution in [0.1, 0.15) is 11.8 Å². The molecule has 27 heavy (non-hydrogen) atoms. The van der Waals surface area contributed by atoms with Crippen molar-refractivity contribution in [2.24, 2.45) is 0 Å². The maximum Gasteiger partial charge on any atom is 0.319 e. The van der Waals surface area contributed by atoms with Crippen LogP contribution in [-0.4, -0.2) is 38.4 Å². The predicted octanol–water partition coefficient (Wildman–Crippen LogP) is 3.59. The first-order valence-electron chi connectivity index (χ1n) is 8.69. The van der Waals surface area contributed by atoms with Crippen molar-refractivity contribution in [1.29, 1.82) is 0 Å². The predicted molar refractivity (Wildman–Crippen MR) is 102 cm³/mol. The van der Waals surface area contributed by atoms with Gasteiger partial charge in [0.25, 0.3) is 0 Å². The molecule has 1 unspecified atom stereocenters. The second kappa shape index (κ2) is 7.20. The third-order valence-corrected chi connectivity index (χ3v) is 4.48. The number of furan rings is 1. The number of hydrogen-bond donors (Lipinski definition) is 2. The molecule has 1 aromatic heterocycles. The quantitative estimate of drug-likeness (QED) is 0.721. The molecule has 2 aromatic carbocycles. The summed E-state index contributed by atoms with van der Waals surface area (Å²) >= 11 is 0. The van der Waals surface area contributed by atoms with Gasteiger partial charge in [0.15, 0.2) is 11.5 Å². The number of fused-ring (bicyclic) bond motifs is 2. The van der Waals surface area contributed by atoms with Gasteiger partial charge in [0.2, 0.25) is 6.79 Å².